The first-order chi connectivity index (χ1) is 21.3. The number of hydrogen-bond acceptors (Lipinski definition) is 2. The van der Waals surface area contributed by atoms with E-state index in [9.17, 15) is 0 Å². The van der Waals surface area contributed by atoms with Gasteiger partial charge in [-0.15, -0.1) is 0 Å². The number of fused-ring (bicyclic) bond motifs is 3. The van der Waals surface area contributed by atoms with Gasteiger partial charge in [0.05, 0.1) is 16.7 Å². The summed E-state index contributed by atoms with van der Waals surface area (Å²) in [6.45, 7) is 0. The van der Waals surface area contributed by atoms with Crippen LogP contribution in [0.3, 0.4) is 0 Å². The Bertz CT molecular complexity index is 2010. The lowest BCUT2D eigenvalue weighted by Crippen LogP contribution is -2.29. The SMILES string of the molecule is C1=CC(C2=CC(c3ccccc3)=NC(c3ccccc3)N2)CC(c2ccc(-n3c4ccccc4c4ccccc43)cc2)=C1. The Morgan fingerprint density at radius 3 is 1.95 bits per heavy atom. The van der Waals surface area contributed by atoms with Crippen LogP contribution in [0, 0.1) is 5.92 Å². The summed E-state index contributed by atoms with van der Waals surface area (Å²) in [5.74, 6) is 0.234. The van der Waals surface area contributed by atoms with Crippen molar-refractivity contribution < 1.29 is 0 Å². The first-order valence-electron chi connectivity index (χ1n) is 14.9. The molecule has 0 radical (unpaired) electrons. The number of benzene rings is 5. The summed E-state index contributed by atoms with van der Waals surface area (Å²) in [4.78, 5) is 5.11. The van der Waals surface area contributed by atoms with Crippen LogP contribution in [0.15, 0.2) is 168 Å². The fourth-order valence-corrected chi connectivity index (χ4v) is 6.46. The first-order valence-corrected chi connectivity index (χ1v) is 14.9. The van der Waals surface area contributed by atoms with Crippen LogP contribution in [0.5, 0.6) is 0 Å². The normalized spacial score (nSPS) is 18.2. The molecule has 2 heterocycles. The van der Waals surface area contributed by atoms with Gasteiger partial charge in [-0.05, 0) is 59.0 Å². The number of aliphatic imine (C=N–C) groups is 1. The van der Waals surface area contributed by atoms with Crippen LogP contribution >= 0.6 is 0 Å². The van der Waals surface area contributed by atoms with Crippen LogP contribution in [0.25, 0.3) is 33.1 Å². The largest absolute Gasteiger partial charge is 0.363 e. The van der Waals surface area contributed by atoms with Crippen molar-refractivity contribution in [3.05, 3.63) is 180 Å². The number of hydrogen-bond donors (Lipinski definition) is 1. The molecular formula is C40H31N3. The van der Waals surface area contributed by atoms with E-state index in [0.29, 0.717) is 0 Å². The van der Waals surface area contributed by atoms with Gasteiger partial charge in [0.1, 0.15) is 6.17 Å². The number of nitrogens with zero attached hydrogens (tertiary/aromatic N) is 2. The number of allylic oxidation sites excluding steroid dienone is 5. The molecule has 0 spiro atoms. The van der Waals surface area contributed by atoms with E-state index in [2.05, 4.69) is 168 Å². The van der Waals surface area contributed by atoms with Crippen LogP contribution in [0.4, 0.5) is 0 Å². The molecule has 2 atom stereocenters. The second kappa shape index (κ2) is 10.8. The Morgan fingerprint density at radius 1 is 0.628 bits per heavy atom. The molecule has 0 saturated carbocycles. The predicted octanol–water partition coefficient (Wildman–Crippen LogP) is 9.42. The van der Waals surface area contributed by atoms with Crippen molar-refractivity contribution in [3.63, 3.8) is 0 Å². The fraction of sp³-hybridized carbons (Fsp3) is 0.0750. The minimum Gasteiger partial charge on any atom is -0.363 e. The Labute approximate surface area is 251 Å². The van der Waals surface area contributed by atoms with Gasteiger partial charge in [-0.3, -0.25) is 4.99 Å². The molecule has 2 aliphatic rings. The predicted molar refractivity (Wildman–Crippen MR) is 179 cm³/mol. The Morgan fingerprint density at radius 2 is 1.26 bits per heavy atom. The van der Waals surface area contributed by atoms with Gasteiger partial charge in [-0.2, -0.15) is 0 Å². The molecular weight excluding hydrogens is 522 g/mol. The highest BCUT2D eigenvalue weighted by atomic mass is 15.1. The fourth-order valence-electron chi connectivity index (χ4n) is 6.46. The quantitative estimate of drug-likeness (QED) is 0.226. The maximum atomic E-state index is 5.11. The number of rotatable bonds is 5. The molecule has 5 aromatic carbocycles. The molecule has 8 rings (SSSR count). The van der Waals surface area contributed by atoms with E-state index in [1.165, 1.54) is 44.3 Å². The van der Waals surface area contributed by atoms with Crippen LogP contribution < -0.4 is 5.32 Å². The molecule has 2 unspecified atom stereocenters. The molecule has 3 heteroatoms. The summed E-state index contributed by atoms with van der Waals surface area (Å²) in [5, 5.41) is 6.33. The van der Waals surface area contributed by atoms with Crippen LogP contribution in [0.1, 0.15) is 29.3 Å². The highest BCUT2D eigenvalue weighted by Crippen LogP contribution is 2.36. The van der Waals surface area contributed by atoms with E-state index >= 15 is 0 Å². The standard InChI is InChI=1S/C40H31N3/c1-3-12-29(13-4-1)36-27-37(42-40(41-36)30-14-5-2-6-15-30)32-17-11-16-31(26-32)28-22-24-33(25-23-28)43-38-20-9-7-18-34(38)35-19-8-10-21-39(35)43/h1-25,27,32,40,42H,26H2. The van der Waals surface area contributed by atoms with E-state index < -0.39 is 0 Å². The summed E-state index contributed by atoms with van der Waals surface area (Å²) in [6.07, 6.45) is 9.81. The van der Waals surface area contributed by atoms with Gasteiger partial charge in [0.25, 0.3) is 0 Å². The van der Waals surface area contributed by atoms with Crippen molar-refractivity contribution in [2.75, 3.05) is 0 Å². The molecule has 0 amide bonds. The molecule has 1 aromatic heterocycles. The molecule has 0 fully saturated rings. The lowest BCUT2D eigenvalue weighted by molar-refractivity contribution is 0.561. The second-order valence-electron chi connectivity index (χ2n) is 11.2. The highest BCUT2D eigenvalue weighted by Gasteiger charge is 2.24. The Balaban J connectivity index is 1.10. The van der Waals surface area contributed by atoms with E-state index in [1.54, 1.807) is 0 Å². The zero-order chi connectivity index (χ0) is 28.6. The van der Waals surface area contributed by atoms with Crippen molar-refractivity contribution >= 4 is 33.1 Å². The van der Waals surface area contributed by atoms with Gasteiger partial charge >= 0.3 is 0 Å². The van der Waals surface area contributed by atoms with Crippen molar-refractivity contribution in [2.24, 2.45) is 10.9 Å². The molecule has 3 nitrogen and oxygen atoms in total. The second-order valence-corrected chi connectivity index (χ2v) is 11.2. The minimum absolute atomic E-state index is 0.121. The molecule has 1 aliphatic heterocycles. The highest BCUT2D eigenvalue weighted by molar-refractivity contribution is 6.10. The van der Waals surface area contributed by atoms with Gasteiger partial charge < -0.3 is 9.88 Å². The molecule has 206 valence electrons. The Kier molecular flexibility index (Phi) is 6.34. The maximum absolute atomic E-state index is 5.11. The van der Waals surface area contributed by atoms with Crippen LogP contribution in [0.2, 0.25) is 0 Å². The smallest absolute Gasteiger partial charge is 0.145 e. The van der Waals surface area contributed by atoms with E-state index in [0.717, 1.165) is 23.3 Å². The zero-order valence-electron chi connectivity index (χ0n) is 23.8. The van der Waals surface area contributed by atoms with E-state index in [1.807, 2.05) is 0 Å². The van der Waals surface area contributed by atoms with Gasteiger partial charge in [0.15, 0.2) is 0 Å². The monoisotopic (exact) mass is 553 g/mol. The molecule has 6 aromatic rings. The molecule has 43 heavy (non-hydrogen) atoms. The molecule has 1 aliphatic carbocycles. The van der Waals surface area contributed by atoms with Crippen LogP contribution in [-0.4, -0.2) is 10.3 Å². The number of para-hydroxylation sites is 2. The topological polar surface area (TPSA) is 29.3 Å². The average Bonchev–Trinajstić information content (AvgIpc) is 3.43. The lowest BCUT2D eigenvalue weighted by Gasteiger charge is -2.30. The maximum Gasteiger partial charge on any atom is 0.145 e. The summed E-state index contributed by atoms with van der Waals surface area (Å²) in [7, 11) is 0. The molecule has 0 saturated heterocycles. The Hall–Kier alpha value is -5.41. The molecule has 0 bridgehead atoms. The summed E-state index contributed by atoms with van der Waals surface area (Å²) in [6, 6.07) is 47.4. The third-order valence-electron chi connectivity index (χ3n) is 8.61. The van der Waals surface area contributed by atoms with Crippen molar-refractivity contribution in [3.8, 4) is 5.69 Å². The van der Waals surface area contributed by atoms with Gasteiger partial charge in [-0.25, -0.2) is 0 Å². The van der Waals surface area contributed by atoms with Gasteiger partial charge in [0, 0.05) is 28.1 Å². The summed E-state index contributed by atoms with van der Waals surface area (Å²) in [5.41, 5.74) is 10.8. The van der Waals surface area contributed by atoms with Crippen molar-refractivity contribution in [2.45, 2.75) is 12.6 Å². The third kappa shape index (κ3) is 4.69. The first kappa shape index (κ1) is 25.3. The van der Waals surface area contributed by atoms with Crippen molar-refractivity contribution in [1.82, 2.24) is 9.88 Å². The number of aromatic nitrogens is 1. The van der Waals surface area contributed by atoms with Gasteiger partial charge in [-0.1, -0.05) is 127 Å². The minimum atomic E-state index is -0.121. The summed E-state index contributed by atoms with van der Waals surface area (Å²) >= 11 is 0. The average molecular weight is 554 g/mol. The zero-order valence-corrected chi connectivity index (χ0v) is 23.8. The summed E-state index contributed by atoms with van der Waals surface area (Å²) < 4.78 is 2.37. The lowest BCUT2D eigenvalue weighted by atomic mass is 9.86. The van der Waals surface area contributed by atoms with Crippen molar-refractivity contribution in [1.29, 1.82) is 0 Å². The van der Waals surface area contributed by atoms with E-state index in [-0.39, 0.29) is 12.1 Å². The van der Waals surface area contributed by atoms with E-state index in [4.69, 9.17) is 4.99 Å². The molecule has 1 N–H and O–H groups in total. The third-order valence-corrected chi connectivity index (χ3v) is 8.61. The van der Waals surface area contributed by atoms with Crippen LogP contribution in [-0.2, 0) is 0 Å². The number of nitrogens with one attached hydrogen (secondary N) is 1. The van der Waals surface area contributed by atoms with Gasteiger partial charge in [0.2, 0.25) is 0 Å².